The summed E-state index contributed by atoms with van der Waals surface area (Å²) in [4.78, 5) is 242. The Morgan fingerprint density at radius 2 is 0.906 bits per heavy atom. The maximum Gasteiger partial charge on any atom is 0.305 e. The van der Waals surface area contributed by atoms with E-state index in [1.54, 1.807) is 135 Å². The number of aromatic nitrogens is 1. The molecule has 8 rings (SSSR count). The second kappa shape index (κ2) is 48.0. The number of hydrogen-bond acceptors (Lipinski definition) is 20. The molecule has 678 valence electrons. The Kier molecular flexibility index (Phi) is 37.3. The first-order valence-electron chi connectivity index (χ1n) is 41.5. The number of aromatic amines is 1. The van der Waals surface area contributed by atoms with Crippen LogP contribution in [0.2, 0.25) is 0 Å². The van der Waals surface area contributed by atoms with Crippen molar-refractivity contribution in [1.29, 1.82) is 0 Å². The number of nitrogens with zero attached hydrogens (tertiary/aromatic N) is 5. The highest BCUT2D eigenvalue weighted by molar-refractivity contribution is 8.00. The highest BCUT2D eigenvalue weighted by atomic mass is 32.2. The van der Waals surface area contributed by atoms with Crippen molar-refractivity contribution in [2.75, 3.05) is 72.9 Å². The maximum absolute atomic E-state index is 15.5. The van der Waals surface area contributed by atoms with Gasteiger partial charge in [-0.2, -0.15) is 0 Å². The first-order chi connectivity index (χ1) is 60.5. The molecule has 36 nitrogen and oxygen atoms in total. The molecule has 0 radical (unpaired) electrons. The van der Waals surface area contributed by atoms with Crippen molar-refractivity contribution >= 4 is 117 Å². The Morgan fingerprint density at radius 1 is 0.465 bits per heavy atom. The number of fused-ring (bicyclic) bond motifs is 1. The number of rotatable bonds is 22. The Bertz CT molecular complexity index is 5010. The van der Waals surface area contributed by atoms with Gasteiger partial charge in [-0.3, -0.25) is 76.7 Å². The largest absolute Gasteiger partial charge is 0.508 e. The zero-order chi connectivity index (χ0) is 92.7. The van der Waals surface area contributed by atoms with E-state index in [4.69, 9.17) is 11.5 Å². The lowest BCUT2D eigenvalue weighted by atomic mass is 9.98. The van der Waals surface area contributed by atoms with Gasteiger partial charge in [0.05, 0.1) is 31.8 Å². The first kappa shape index (κ1) is 98.7. The van der Waals surface area contributed by atoms with Crippen molar-refractivity contribution < 1.29 is 92.0 Å². The number of para-hydroxylation sites is 1. The molecule has 127 heavy (non-hydrogen) atoms. The van der Waals surface area contributed by atoms with Crippen LogP contribution in [0, 0.1) is 5.92 Å². The Balaban J connectivity index is 1.20. The molecule has 0 spiro atoms. The number of hydrogen-bond donors (Lipinski definition) is 15. The average Bonchev–Trinajstić information content (AvgIpc) is 1.71. The number of H-pyrrole nitrogens is 1. The molecule has 0 aliphatic carbocycles. The molecule has 7 aromatic rings. The van der Waals surface area contributed by atoms with E-state index in [-0.39, 0.29) is 56.4 Å². The van der Waals surface area contributed by atoms with Gasteiger partial charge in [0.2, 0.25) is 88.6 Å². The van der Waals surface area contributed by atoms with Crippen molar-refractivity contribution in [2.45, 2.75) is 151 Å². The third-order valence-electron chi connectivity index (χ3n) is 21.6. The number of carbonyl (C=O) groups is 16. The van der Waals surface area contributed by atoms with E-state index in [0.717, 1.165) is 36.3 Å². The molecular formula is C90H113N17O19S. The van der Waals surface area contributed by atoms with Crippen LogP contribution in [0.4, 0.5) is 0 Å². The predicted molar refractivity (Wildman–Crippen MR) is 472 cm³/mol. The Morgan fingerprint density at radius 3 is 1.44 bits per heavy atom. The van der Waals surface area contributed by atoms with Gasteiger partial charge < -0.3 is 104 Å². The standard InChI is InChI=1S/C90H113N17O19S/c1-9-10-30-71-88(124)104(5)50-76(112)96-66(45-78(114)115)83(119)102-79(53(2)3)90(126)106(7)72(42-55-24-16-12-17-25-55)85(121)99-67(41-58-33-37-61(109)38-34-58)86(122)103(4)49-75(111)95-65(44-59-47-93-63-29-21-20-28-62(59)63)82(118)98-64(39-57-31-35-60(108)36-32-57)81(117)100-69(46-91)84(120)101-70(80(116)94-48-74(92)110)51-127-52-77(113)97-68(40-54-22-14-11-15-23-54)87(123)107(8)73(89(125)105(71)6)43-56-26-18-13-19-27-56/h11-29,31-38,47,53,64-73,79,93,108-109H,9-10,30,39-46,48-52,91H2,1-8H3,(H2,92,110)(H,94,116)(H,95,111)(H,96,112)(H,97,113)(H,98,118)(H,99,121)(H,100,117)(H,101,120)(H,102,119)(H,114,115). The molecule has 2 heterocycles. The van der Waals surface area contributed by atoms with Crippen molar-refractivity contribution in [3.05, 3.63) is 203 Å². The van der Waals surface area contributed by atoms with E-state index in [2.05, 4.69) is 52.8 Å². The van der Waals surface area contributed by atoms with Crippen LogP contribution in [0.15, 0.2) is 170 Å². The van der Waals surface area contributed by atoms with E-state index >= 15 is 28.8 Å². The number of aromatic hydroxyl groups is 2. The number of carbonyl (C=O) groups excluding carboxylic acids is 15. The molecule has 1 saturated heterocycles. The molecule has 11 unspecified atom stereocenters. The fraction of sp³-hybridized carbons (Fsp3) is 0.400. The Labute approximate surface area is 739 Å². The van der Waals surface area contributed by atoms with Crippen LogP contribution >= 0.6 is 11.8 Å². The number of phenols is 2. The van der Waals surface area contributed by atoms with Gasteiger partial charge in [-0.15, -0.1) is 11.8 Å². The number of carboxylic acids is 1. The minimum Gasteiger partial charge on any atom is -0.508 e. The average molecular weight is 1770 g/mol. The van der Waals surface area contributed by atoms with E-state index in [1.165, 1.54) is 83.8 Å². The summed E-state index contributed by atoms with van der Waals surface area (Å²) in [6.07, 6.45) is 0.0628. The topological polar surface area (TPSA) is 526 Å². The number of nitrogens with one attached hydrogen (secondary N) is 10. The van der Waals surface area contributed by atoms with E-state index in [9.17, 15) is 63.3 Å². The molecule has 0 saturated carbocycles. The lowest BCUT2D eigenvalue weighted by Crippen LogP contribution is -2.61. The van der Waals surface area contributed by atoms with Crippen LogP contribution in [-0.4, -0.2) is 279 Å². The number of benzene rings is 6. The number of aliphatic carboxylic acids is 1. The number of amides is 15. The number of primary amides is 1. The zero-order valence-corrected chi connectivity index (χ0v) is 72.9. The monoisotopic (exact) mass is 1770 g/mol. The van der Waals surface area contributed by atoms with Crippen molar-refractivity contribution in [3.8, 4) is 11.5 Å². The molecule has 1 aliphatic rings. The number of thioether (sulfide) groups is 1. The zero-order valence-electron chi connectivity index (χ0n) is 72.1. The summed E-state index contributed by atoms with van der Waals surface area (Å²) in [5.41, 5.74) is 15.2. The van der Waals surface area contributed by atoms with Crippen LogP contribution in [0.25, 0.3) is 10.9 Å². The molecule has 6 aromatic carbocycles. The molecule has 0 bridgehead atoms. The molecule has 11 atom stereocenters. The van der Waals surface area contributed by atoms with Gasteiger partial charge in [-0.05, 0) is 76.1 Å². The van der Waals surface area contributed by atoms with Gasteiger partial charge >= 0.3 is 5.97 Å². The number of unbranched alkanes of at least 4 members (excludes halogenated alkanes) is 1. The summed E-state index contributed by atoms with van der Waals surface area (Å²) >= 11 is 0.791. The summed E-state index contributed by atoms with van der Waals surface area (Å²) < 4.78 is 0. The fourth-order valence-corrected chi connectivity index (χ4v) is 15.3. The van der Waals surface area contributed by atoms with Crippen molar-refractivity contribution in [1.82, 2.24) is 77.3 Å². The van der Waals surface area contributed by atoms with Gasteiger partial charge in [0.1, 0.15) is 78.0 Å². The number of phenolic OH excluding ortho intramolecular Hbond substituents is 2. The Hall–Kier alpha value is -13.7. The summed E-state index contributed by atoms with van der Waals surface area (Å²) in [5.74, 6) is -17.6. The van der Waals surface area contributed by atoms with Crippen LogP contribution in [0.5, 0.6) is 11.5 Å². The molecule has 15 amide bonds. The van der Waals surface area contributed by atoms with Crippen LogP contribution in [0.1, 0.15) is 79.8 Å². The molecular weight excluding hydrogens is 1660 g/mol. The fourth-order valence-electron chi connectivity index (χ4n) is 14.5. The lowest BCUT2D eigenvalue weighted by Gasteiger charge is -2.37. The number of nitrogens with two attached hydrogens (primary N) is 2. The van der Waals surface area contributed by atoms with Crippen LogP contribution in [0.3, 0.4) is 0 Å². The second-order valence-electron chi connectivity index (χ2n) is 31.7. The van der Waals surface area contributed by atoms with Crippen LogP contribution < -0.4 is 59.3 Å². The highest BCUT2D eigenvalue weighted by Crippen LogP contribution is 2.24. The smallest absolute Gasteiger partial charge is 0.305 e. The molecule has 37 heteroatoms. The highest BCUT2D eigenvalue weighted by Gasteiger charge is 2.42. The summed E-state index contributed by atoms with van der Waals surface area (Å²) in [7, 11) is 6.49. The van der Waals surface area contributed by atoms with Gasteiger partial charge in [0.15, 0.2) is 0 Å². The van der Waals surface area contributed by atoms with Crippen LogP contribution in [-0.2, 0) is 115 Å². The molecule has 1 aliphatic heterocycles. The molecule has 1 fully saturated rings. The maximum atomic E-state index is 15.5. The van der Waals surface area contributed by atoms with Gasteiger partial charge in [0.25, 0.3) is 0 Å². The summed E-state index contributed by atoms with van der Waals surface area (Å²) in [6, 6.07) is 26.6. The number of carboxylic acid groups (broad SMARTS) is 1. The quantitative estimate of drug-likeness (QED) is 0.0432. The third kappa shape index (κ3) is 29.5. The summed E-state index contributed by atoms with van der Waals surface area (Å²) in [5, 5.41) is 54.9. The van der Waals surface area contributed by atoms with E-state index < -0.39 is 211 Å². The first-order valence-corrected chi connectivity index (χ1v) is 42.7. The van der Waals surface area contributed by atoms with E-state index in [0.29, 0.717) is 57.1 Å². The van der Waals surface area contributed by atoms with Crippen molar-refractivity contribution in [3.63, 3.8) is 0 Å². The third-order valence-corrected chi connectivity index (χ3v) is 22.6. The molecule has 17 N–H and O–H groups in total. The van der Waals surface area contributed by atoms with E-state index in [1.807, 2.05) is 6.92 Å². The normalized spacial score (nSPS) is 22.0. The van der Waals surface area contributed by atoms with Crippen molar-refractivity contribution in [2.24, 2.45) is 17.4 Å². The van der Waals surface area contributed by atoms with Gasteiger partial charge in [0, 0.05) is 103 Å². The van der Waals surface area contributed by atoms with Gasteiger partial charge in [-0.25, -0.2) is 0 Å². The predicted octanol–water partition coefficient (Wildman–Crippen LogP) is 0.239. The lowest BCUT2D eigenvalue weighted by molar-refractivity contribution is -0.151. The SMILES string of the molecule is CCCCC1C(=O)N(C)CC(=O)NC(CC(=O)O)C(=O)NC(C(C)C)C(=O)N(C)C(Cc2ccccc2)C(=O)NC(Cc2ccc(O)cc2)C(=O)N(C)CC(=O)NC(Cc2c[nH]c3ccccc23)C(=O)NC(Cc2ccc(O)cc2)C(=O)NC(CN)C(=O)NC(C(=O)NCC(N)=O)CSCC(=O)NC(Cc2ccccc2)C(=O)N(C)C(Cc2ccccc2)C(=O)N1C. The minimum atomic E-state index is -1.91. The molecule has 1 aromatic heterocycles. The van der Waals surface area contributed by atoms with Gasteiger partial charge in [-0.1, -0.05) is 167 Å². The minimum absolute atomic E-state index is 0.0250. The second-order valence-corrected chi connectivity index (χ2v) is 32.7. The number of likely N-dealkylation sites (N-methyl/N-ethyl adjacent to an activating group) is 5. The summed E-state index contributed by atoms with van der Waals surface area (Å²) in [6.45, 7) is 1.98.